The minimum atomic E-state index is 0.887. The number of aryl methyl sites for hydroxylation is 2. The number of nitrogens with zero attached hydrogens (tertiary/aromatic N) is 4. The zero-order valence-corrected chi connectivity index (χ0v) is 10.2. The van der Waals surface area contributed by atoms with Gasteiger partial charge < -0.3 is 9.88 Å². The van der Waals surface area contributed by atoms with Crippen LogP contribution < -0.4 is 5.32 Å². The summed E-state index contributed by atoms with van der Waals surface area (Å²) in [5.74, 6) is 0. The summed E-state index contributed by atoms with van der Waals surface area (Å²) in [5, 5.41) is 7.50. The first-order valence-electron chi connectivity index (χ1n) is 6.07. The van der Waals surface area contributed by atoms with E-state index in [9.17, 15) is 0 Å². The summed E-state index contributed by atoms with van der Waals surface area (Å²) < 4.78 is 4.16. The molecule has 0 spiro atoms. The number of rotatable bonds is 7. The van der Waals surface area contributed by atoms with Gasteiger partial charge in [-0.2, -0.15) is 5.10 Å². The van der Waals surface area contributed by atoms with Crippen LogP contribution in [-0.4, -0.2) is 25.9 Å². The van der Waals surface area contributed by atoms with Crippen LogP contribution in [0.3, 0.4) is 0 Å². The molecule has 0 aliphatic heterocycles. The molecule has 0 radical (unpaired) electrons. The minimum Gasteiger partial charge on any atom is -0.333 e. The van der Waals surface area contributed by atoms with Gasteiger partial charge in [-0.05, 0) is 19.0 Å². The van der Waals surface area contributed by atoms with Crippen molar-refractivity contribution in [2.45, 2.75) is 33.0 Å². The van der Waals surface area contributed by atoms with Crippen LogP contribution in [-0.2, 0) is 19.6 Å². The number of hydrogen-bond acceptors (Lipinski definition) is 3. The Bertz CT molecular complexity index is 418. The van der Waals surface area contributed by atoms with Crippen LogP contribution in [0.25, 0.3) is 0 Å². The topological polar surface area (TPSA) is 47.7 Å². The molecule has 2 aromatic heterocycles. The standard InChI is InChI=1S/C12H19N5/c1-2-13-9-12-10-14-11-16(12)6-4-8-17-7-3-5-15-17/h3,5,7,10-11,13H,2,4,6,8-9H2,1H3. The lowest BCUT2D eigenvalue weighted by Gasteiger charge is -2.08. The molecule has 0 fully saturated rings. The van der Waals surface area contributed by atoms with Crippen molar-refractivity contribution in [1.82, 2.24) is 24.6 Å². The van der Waals surface area contributed by atoms with Gasteiger partial charge in [0.1, 0.15) is 0 Å². The number of aromatic nitrogens is 4. The van der Waals surface area contributed by atoms with Crippen molar-refractivity contribution in [1.29, 1.82) is 0 Å². The third-order valence-electron chi connectivity index (χ3n) is 2.70. The molecule has 0 saturated carbocycles. The zero-order chi connectivity index (χ0) is 11.9. The first-order valence-corrected chi connectivity index (χ1v) is 6.07. The van der Waals surface area contributed by atoms with Crippen molar-refractivity contribution >= 4 is 0 Å². The fourth-order valence-electron chi connectivity index (χ4n) is 1.79. The van der Waals surface area contributed by atoms with Gasteiger partial charge in [-0.25, -0.2) is 4.98 Å². The van der Waals surface area contributed by atoms with Crippen LogP contribution >= 0.6 is 0 Å². The summed E-state index contributed by atoms with van der Waals surface area (Å²) in [6.45, 7) is 5.92. The minimum absolute atomic E-state index is 0.887. The summed E-state index contributed by atoms with van der Waals surface area (Å²) in [4.78, 5) is 4.19. The van der Waals surface area contributed by atoms with Gasteiger partial charge >= 0.3 is 0 Å². The molecule has 5 heteroatoms. The smallest absolute Gasteiger partial charge is 0.0948 e. The van der Waals surface area contributed by atoms with Gasteiger partial charge in [-0.15, -0.1) is 0 Å². The first kappa shape index (κ1) is 11.9. The number of nitrogens with one attached hydrogen (secondary N) is 1. The lowest BCUT2D eigenvalue weighted by molar-refractivity contribution is 0.513. The Morgan fingerprint density at radius 2 is 2.29 bits per heavy atom. The molecule has 2 rings (SSSR count). The van der Waals surface area contributed by atoms with Gasteiger partial charge in [0.25, 0.3) is 0 Å². The largest absolute Gasteiger partial charge is 0.333 e. The summed E-state index contributed by atoms with van der Waals surface area (Å²) in [5.41, 5.74) is 1.24. The lowest BCUT2D eigenvalue weighted by atomic mass is 10.4. The maximum Gasteiger partial charge on any atom is 0.0948 e. The van der Waals surface area contributed by atoms with Gasteiger partial charge in [0.05, 0.1) is 12.0 Å². The SMILES string of the molecule is CCNCc1cncn1CCCn1cccn1. The molecule has 2 aromatic rings. The van der Waals surface area contributed by atoms with Crippen molar-refractivity contribution in [2.24, 2.45) is 0 Å². The van der Waals surface area contributed by atoms with Crippen LogP contribution in [0.1, 0.15) is 19.0 Å². The number of hydrogen-bond donors (Lipinski definition) is 1. The Balaban J connectivity index is 1.80. The summed E-state index contributed by atoms with van der Waals surface area (Å²) in [7, 11) is 0. The van der Waals surface area contributed by atoms with Crippen LogP contribution in [0.5, 0.6) is 0 Å². The van der Waals surface area contributed by atoms with Crippen molar-refractivity contribution < 1.29 is 0 Å². The van der Waals surface area contributed by atoms with E-state index in [0.29, 0.717) is 0 Å². The van der Waals surface area contributed by atoms with Crippen molar-refractivity contribution in [3.05, 3.63) is 36.7 Å². The highest BCUT2D eigenvalue weighted by Crippen LogP contribution is 2.01. The summed E-state index contributed by atoms with van der Waals surface area (Å²) in [6.07, 6.45) is 8.70. The molecular weight excluding hydrogens is 214 g/mol. The van der Waals surface area contributed by atoms with Gasteiger partial charge in [0.15, 0.2) is 0 Å². The summed E-state index contributed by atoms with van der Waals surface area (Å²) >= 11 is 0. The Hall–Kier alpha value is -1.62. The molecule has 5 nitrogen and oxygen atoms in total. The molecule has 0 unspecified atom stereocenters. The second-order valence-electron chi connectivity index (χ2n) is 3.98. The van der Waals surface area contributed by atoms with E-state index in [0.717, 1.165) is 32.6 Å². The van der Waals surface area contributed by atoms with Crippen molar-refractivity contribution in [3.63, 3.8) is 0 Å². The highest BCUT2D eigenvalue weighted by atomic mass is 15.3. The monoisotopic (exact) mass is 233 g/mol. The second kappa shape index (κ2) is 6.20. The fourth-order valence-corrected chi connectivity index (χ4v) is 1.79. The molecule has 0 amide bonds. The van der Waals surface area contributed by atoms with Crippen molar-refractivity contribution in [2.75, 3.05) is 6.54 Å². The lowest BCUT2D eigenvalue weighted by Crippen LogP contribution is -2.15. The predicted octanol–water partition coefficient (Wildman–Crippen LogP) is 1.28. The van der Waals surface area contributed by atoms with E-state index in [-0.39, 0.29) is 0 Å². The Labute approximate surface area is 101 Å². The average molecular weight is 233 g/mol. The quantitative estimate of drug-likeness (QED) is 0.783. The van der Waals surface area contributed by atoms with Crippen LogP contribution in [0.15, 0.2) is 31.0 Å². The maximum atomic E-state index is 4.19. The van der Waals surface area contributed by atoms with E-state index in [4.69, 9.17) is 0 Å². The summed E-state index contributed by atoms with van der Waals surface area (Å²) in [6, 6.07) is 1.95. The van der Waals surface area contributed by atoms with Gasteiger partial charge in [0, 0.05) is 38.2 Å². The molecule has 0 atom stereocenters. The van der Waals surface area contributed by atoms with Crippen molar-refractivity contribution in [3.8, 4) is 0 Å². The maximum absolute atomic E-state index is 4.19. The Kier molecular flexibility index (Phi) is 4.32. The normalized spacial score (nSPS) is 10.9. The van der Waals surface area contributed by atoms with E-state index < -0.39 is 0 Å². The molecule has 1 N–H and O–H groups in total. The highest BCUT2D eigenvalue weighted by molar-refractivity contribution is 4.97. The molecule has 17 heavy (non-hydrogen) atoms. The molecule has 92 valence electrons. The Morgan fingerprint density at radius 3 is 3.06 bits per heavy atom. The van der Waals surface area contributed by atoms with Gasteiger partial charge in [-0.1, -0.05) is 6.92 Å². The van der Waals surface area contributed by atoms with E-state index in [1.807, 2.05) is 35.7 Å². The third-order valence-corrected chi connectivity index (χ3v) is 2.70. The third kappa shape index (κ3) is 3.42. The van der Waals surface area contributed by atoms with Gasteiger partial charge in [-0.3, -0.25) is 4.68 Å². The van der Waals surface area contributed by atoms with E-state index >= 15 is 0 Å². The Morgan fingerprint density at radius 1 is 1.35 bits per heavy atom. The average Bonchev–Trinajstić information content (AvgIpc) is 2.98. The number of imidazole rings is 1. The second-order valence-corrected chi connectivity index (χ2v) is 3.98. The zero-order valence-electron chi connectivity index (χ0n) is 10.2. The van der Waals surface area contributed by atoms with E-state index in [1.165, 1.54) is 5.69 Å². The molecule has 0 saturated heterocycles. The fraction of sp³-hybridized carbons (Fsp3) is 0.500. The molecule has 2 heterocycles. The van der Waals surface area contributed by atoms with E-state index in [1.54, 1.807) is 0 Å². The van der Waals surface area contributed by atoms with Crippen LogP contribution in [0, 0.1) is 0 Å². The molecular formula is C12H19N5. The van der Waals surface area contributed by atoms with Crippen LogP contribution in [0.2, 0.25) is 0 Å². The predicted molar refractivity (Wildman–Crippen MR) is 66.5 cm³/mol. The van der Waals surface area contributed by atoms with Gasteiger partial charge in [0.2, 0.25) is 0 Å². The molecule has 0 aliphatic rings. The molecule has 0 aromatic carbocycles. The van der Waals surface area contributed by atoms with Crippen LogP contribution in [0.4, 0.5) is 0 Å². The van der Waals surface area contributed by atoms with E-state index in [2.05, 4.69) is 26.9 Å². The first-order chi connectivity index (χ1) is 8.40. The molecule has 0 bridgehead atoms. The highest BCUT2D eigenvalue weighted by Gasteiger charge is 2.01. The molecule has 0 aliphatic carbocycles.